The number of allylic oxidation sites excluding steroid dienone is 4. The van der Waals surface area contributed by atoms with Crippen LogP contribution in [0.3, 0.4) is 0 Å². The Morgan fingerprint density at radius 2 is 1.89 bits per heavy atom. The van der Waals surface area contributed by atoms with Gasteiger partial charge < -0.3 is 24.8 Å². The second-order valence-electron chi connectivity index (χ2n) is 11.3. The van der Waals surface area contributed by atoms with E-state index in [-0.39, 0.29) is 24.2 Å². The maximum Gasteiger partial charge on any atom is 0.352 e. The average molecular weight is 529 g/mol. The lowest BCUT2D eigenvalue weighted by atomic mass is 9.83. The van der Waals surface area contributed by atoms with Gasteiger partial charge in [-0.25, -0.2) is 4.79 Å². The van der Waals surface area contributed by atoms with Gasteiger partial charge >= 0.3 is 5.97 Å². The summed E-state index contributed by atoms with van der Waals surface area (Å²) >= 11 is 0. The maximum atomic E-state index is 11.8. The predicted molar refractivity (Wildman–Crippen MR) is 152 cm³/mol. The monoisotopic (exact) mass is 528 g/mol. The zero-order chi connectivity index (χ0) is 28.1. The molecule has 1 amide bonds. The lowest BCUT2D eigenvalue weighted by Crippen LogP contribution is -2.39. The number of ether oxygens (including phenoxy) is 1. The molecule has 2 aliphatic rings. The van der Waals surface area contributed by atoms with Gasteiger partial charge in [0.05, 0.1) is 11.7 Å². The molecule has 1 aromatic rings. The SMILES string of the molecule is CC/C=C\C(=O)NC1CCC(C/C=C(C)/C=C/[C@@H]2CC(CO)CC(C)(C)O2)CC1.Cn1cccc1C(=O)O. The highest BCUT2D eigenvalue weighted by Gasteiger charge is 2.33. The molecule has 1 aliphatic carbocycles. The van der Waals surface area contributed by atoms with Gasteiger partial charge in [-0.05, 0) is 102 Å². The quantitative estimate of drug-likeness (QED) is 0.277. The molecule has 0 radical (unpaired) electrons. The Hall–Kier alpha value is -2.64. The molecule has 2 heterocycles. The minimum absolute atomic E-state index is 0.0488. The summed E-state index contributed by atoms with van der Waals surface area (Å²) in [6.45, 7) is 8.65. The lowest BCUT2D eigenvalue weighted by Gasteiger charge is -2.39. The second kappa shape index (κ2) is 15.7. The number of aliphatic hydroxyl groups excluding tert-OH is 1. The summed E-state index contributed by atoms with van der Waals surface area (Å²) in [5.74, 6) is 0.197. The number of carboxylic acids is 1. The number of aliphatic hydroxyl groups is 1. The van der Waals surface area contributed by atoms with Crippen LogP contribution >= 0.6 is 0 Å². The van der Waals surface area contributed by atoms with Gasteiger partial charge in [0.15, 0.2) is 0 Å². The van der Waals surface area contributed by atoms with Crippen molar-refractivity contribution in [3.63, 3.8) is 0 Å². The molecule has 3 rings (SSSR count). The molecule has 212 valence electrons. The van der Waals surface area contributed by atoms with Crippen LogP contribution in [0.1, 0.15) is 89.5 Å². The number of carbonyl (C=O) groups is 2. The van der Waals surface area contributed by atoms with E-state index >= 15 is 0 Å². The van der Waals surface area contributed by atoms with E-state index in [4.69, 9.17) is 9.84 Å². The third kappa shape index (κ3) is 11.4. The van der Waals surface area contributed by atoms with Gasteiger partial charge in [-0.15, -0.1) is 0 Å². The fraction of sp³-hybridized carbons (Fsp3) is 0.613. The molecule has 0 bridgehead atoms. The van der Waals surface area contributed by atoms with Crippen LogP contribution in [0.25, 0.3) is 0 Å². The molecule has 0 spiro atoms. The Kier molecular flexibility index (Phi) is 13.0. The summed E-state index contributed by atoms with van der Waals surface area (Å²) < 4.78 is 7.71. The minimum atomic E-state index is -0.887. The van der Waals surface area contributed by atoms with Crippen LogP contribution < -0.4 is 5.32 Å². The number of amides is 1. The Bertz CT molecular complexity index is 967. The van der Waals surface area contributed by atoms with E-state index in [1.165, 1.54) is 18.4 Å². The standard InChI is InChI=1S/C25H41NO3.C6H7NO2/c1-5-6-7-24(28)26-22-13-11-20(12-14-22)10-8-19(2)9-15-23-16-21(18-27)17-25(3,4)29-23;1-7-4-2-3-5(7)6(8)9/h6-9,15,20-23,27H,5,10-14,16-18H2,1-4H3,(H,26,28);2-4H,1H3,(H,8,9)/b7-6-,15-9+,19-8+;/t20?,21?,22?,23-;/m1./s1. The van der Waals surface area contributed by atoms with E-state index < -0.39 is 5.97 Å². The first kappa shape index (κ1) is 31.6. The molecule has 1 saturated heterocycles. The van der Waals surface area contributed by atoms with Crippen molar-refractivity contribution in [1.29, 1.82) is 0 Å². The van der Waals surface area contributed by atoms with Gasteiger partial charge in [-0.2, -0.15) is 0 Å². The van der Waals surface area contributed by atoms with Gasteiger partial charge in [0.2, 0.25) is 5.91 Å². The minimum Gasteiger partial charge on any atom is -0.477 e. The van der Waals surface area contributed by atoms with Gasteiger partial charge in [-0.3, -0.25) is 4.79 Å². The number of nitrogens with zero attached hydrogens (tertiary/aromatic N) is 1. The van der Waals surface area contributed by atoms with E-state index in [0.717, 1.165) is 38.5 Å². The van der Waals surface area contributed by atoms with Crippen molar-refractivity contribution >= 4 is 11.9 Å². The average Bonchev–Trinajstić information content (AvgIpc) is 3.31. The fourth-order valence-corrected chi connectivity index (χ4v) is 5.25. The molecule has 1 aliphatic heterocycles. The number of hydrogen-bond acceptors (Lipinski definition) is 4. The molecule has 38 heavy (non-hydrogen) atoms. The second-order valence-corrected chi connectivity index (χ2v) is 11.3. The first-order chi connectivity index (χ1) is 18.0. The Morgan fingerprint density at radius 3 is 2.45 bits per heavy atom. The topological polar surface area (TPSA) is 101 Å². The summed E-state index contributed by atoms with van der Waals surface area (Å²) in [5, 5.41) is 21.1. The maximum absolute atomic E-state index is 11.8. The van der Waals surface area contributed by atoms with E-state index in [1.54, 1.807) is 36.0 Å². The Labute approximate surface area is 228 Å². The van der Waals surface area contributed by atoms with E-state index in [0.29, 0.717) is 23.6 Å². The van der Waals surface area contributed by atoms with Crippen LogP contribution in [-0.4, -0.2) is 51.0 Å². The van der Waals surface area contributed by atoms with Crippen molar-refractivity contribution in [3.8, 4) is 0 Å². The summed E-state index contributed by atoms with van der Waals surface area (Å²) in [4.78, 5) is 22.1. The number of rotatable bonds is 9. The number of aryl methyl sites for hydroxylation is 1. The van der Waals surface area contributed by atoms with Crippen molar-refractivity contribution in [2.24, 2.45) is 18.9 Å². The molecule has 3 N–H and O–H groups in total. The van der Waals surface area contributed by atoms with Crippen LogP contribution in [0.15, 0.2) is 54.3 Å². The first-order valence-corrected chi connectivity index (χ1v) is 14.0. The van der Waals surface area contributed by atoms with Crippen LogP contribution in [0.4, 0.5) is 0 Å². The largest absolute Gasteiger partial charge is 0.477 e. The van der Waals surface area contributed by atoms with E-state index in [9.17, 15) is 14.7 Å². The normalized spacial score (nSPS) is 25.7. The fourth-order valence-electron chi connectivity index (χ4n) is 5.25. The molecule has 1 aromatic heterocycles. The van der Waals surface area contributed by atoms with Gasteiger partial charge in [-0.1, -0.05) is 36.8 Å². The van der Waals surface area contributed by atoms with Crippen molar-refractivity contribution in [2.75, 3.05) is 6.61 Å². The van der Waals surface area contributed by atoms with Crippen molar-refractivity contribution in [2.45, 2.75) is 96.8 Å². The van der Waals surface area contributed by atoms with Crippen LogP contribution in [0.5, 0.6) is 0 Å². The molecule has 2 fully saturated rings. The number of hydrogen-bond donors (Lipinski definition) is 3. The zero-order valence-corrected chi connectivity index (χ0v) is 23.9. The van der Waals surface area contributed by atoms with Crippen LogP contribution in [0.2, 0.25) is 0 Å². The molecule has 7 nitrogen and oxygen atoms in total. The number of carbonyl (C=O) groups excluding carboxylic acids is 1. The Balaban J connectivity index is 0.000000474. The highest BCUT2D eigenvalue weighted by molar-refractivity contribution is 5.87. The molecule has 1 saturated carbocycles. The highest BCUT2D eigenvalue weighted by atomic mass is 16.5. The summed E-state index contributed by atoms with van der Waals surface area (Å²) in [5.41, 5.74) is 1.42. The van der Waals surface area contributed by atoms with E-state index in [2.05, 4.69) is 44.3 Å². The molecule has 7 heteroatoms. The smallest absolute Gasteiger partial charge is 0.352 e. The highest BCUT2D eigenvalue weighted by Crippen LogP contribution is 2.33. The molecule has 0 aromatic carbocycles. The molecule has 2 atom stereocenters. The van der Waals surface area contributed by atoms with E-state index in [1.807, 2.05) is 13.0 Å². The number of aromatic nitrogens is 1. The molecular formula is C31H48N2O5. The summed E-state index contributed by atoms with van der Waals surface area (Å²) in [6, 6.07) is 3.59. The summed E-state index contributed by atoms with van der Waals surface area (Å²) in [7, 11) is 1.70. The lowest BCUT2D eigenvalue weighted by molar-refractivity contribution is -0.117. The number of nitrogens with one attached hydrogen (secondary N) is 1. The molecule has 1 unspecified atom stereocenters. The van der Waals surface area contributed by atoms with Crippen molar-refractivity contribution in [3.05, 3.63) is 60.0 Å². The number of aromatic carboxylic acids is 1. The van der Waals surface area contributed by atoms with Gasteiger partial charge in [0, 0.05) is 25.9 Å². The predicted octanol–water partition coefficient (Wildman–Crippen LogP) is 5.81. The Morgan fingerprint density at radius 1 is 1.18 bits per heavy atom. The van der Waals surface area contributed by atoms with Gasteiger partial charge in [0.1, 0.15) is 5.69 Å². The van der Waals surface area contributed by atoms with Crippen LogP contribution in [0, 0.1) is 11.8 Å². The van der Waals surface area contributed by atoms with Gasteiger partial charge in [0.25, 0.3) is 0 Å². The summed E-state index contributed by atoms with van der Waals surface area (Å²) in [6.07, 6.45) is 20.3. The van der Waals surface area contributed by atoms with Crippen molar-refractivity contribution < 1.29 is 24.5 Å². The zero-order valence-electron chi connectivity index (χ0n) is 23.9. The van der Waals surface area contributed by atoms with Crippen molar-refractivity contribution in [1.82, 2.24) is 9.88 Å². The van der Waals surface area contributed by atoms with Crippen LogP contribution in [-0.2, 0) is 16.6 Å². The third-order valence-corrected chi connectivity index (χ3v) is 7.28. The third-order valence-electron chi connectivity index (χ3n) is 7.28. The first-order valence-electron chi connectivity index (χ1n) is 14.0. The molecular weight excluding hydrogens is 480 g/mol. The number of carboxylic acid groups (broad SMARTS) is 1.